The average molecular weight is 349 g/mol. The van der Waals surface area contributed by atoms with Crippen LogP contribution in [0.3, 0.4) is 0 Å². The molecule has 1 fully saturated rings. The van der Waals surface area contributed by atoms with E-state index in [1.165, 1.54) is 11.3 Å². The van der Waals surface area contributed by atoms with E-state index in [1.54, 1.807) is 6.20 Å². The molecule has 2 aromatic rings. The van der Waals surface area contributed by atoms with Gasteiger partial charge in [0.2, 0.25) is 0 Å². The maximum atomic E-state index is 13.5. The monoisotopic (exact) mass is 349 g/mol. The Balaban J connectivity index is 1.77. The summed E-state index contributed by atoms with van der Waals surface area (Å²) in [6.07, 6.45) is 0.134. The minimum absolute atomic E-state index is 0.0755. The van der Waals surface area contributed by atoms with Crippen molar-refractivity contribution in [1.82, 2.24) is 4.98 Å². The third-order valence-electron chi connectivity index (χ3n) is 4.76. The normalized spacial score (nSPS) is 24.9. The molecule has 0 radical (unpaired) electrons. The zero-order valence-electron chi connectivity index (χ0n) is 13.6. The minimum atomic E-state index is -1.39. The van der Waals surface area contributed by atoms with Crippen LogP contribution in [-0.4, -0.2) is 23.1 Å². The largest absolute Gasteiger partial charge is 0.299 e. The molecule has 128 valence electrons. The Labute approximate surface area is 144 Å². The Hall–Kier alpha value is -1.62. The molecule has 5 heteroatoms. The van der Waals surface area contributed by atoms with Crippen LogP contribution in [0.25, 0.3) is 0 Å². The number of thiazole rings is 1. The molecule has 0 saturated heterocycles. The number of hydrogen-bond acceptors (Lipinski definition) is 3. The number of nitrogens with zero attached hydrogens (tertiary/aromatic N) is 1. The van der Waals surface area contributed by atoms with E-state index in [9.17, 15) is 13.6 Å². The van der Waals surface area contributed by atoms with Crippen molar-refractivity contribution in [2.45, 2.75) is 50.9 Å². The van der Waals surface area contributed by atoms with Crippen LogP contribution in [-0.2, 0) is 11.2 Å². The Bertz CT molecular complexity index is 661. The first-order valence-electron chi connectivity index (χ1n) is 8.28. The number of aryl methyl sites for hydroxylation is 1. The summed E-state index contributed by atoms with van der Waals surface area (Å²) in [7, 11) is 0. The van der Waals surface area contributed by atoms with E-state index >= 15 is 0 Å². The third-order valence-corrected chi connectivity index (χ3v) is 5.54. The number of alkyl halides is 2. The van der Waals surface area contributed by atoms with E-state index in [2.05, 4.69) is 4.98 Å². The second kappa shape index (κ2) is 7.51. The number of hydrogen-bond donors (Lipinski definition) is 0. The first kappa shape index (κ1) is 17.2. The van der Waals surface area contributed by atoms with Crippen LogP contribution in [0.4, 0.5) is 8.78 Å². The molecule has 1 aliphatic rings. The first-order valence-corrected chi connectivity index (χ1v) is 9.16. The molecule has 0 N–H and O–H groups in total. The fourth-order valence-corrected chi connectivity index (χ4v) is 4.05. The zero-order chi connectivity index (χ0) is 17.1. The summed E-state index contributed by atoms with van der Waals surface area (Å²) in [4.78, 5) is 17.0. The van der Waals surface area contributed by atoms with Crippen molar-refractivity contribution in [1.29, 1.82) is 0 Å². The molecule has 24 heavy (non-hydrogen) atoms. The molecule has 2 nitrogen and oxygen atoms in total. The topological polar surface area (TPSA) is 30.0 Å². The lowest BCUT2D eigenvalue weighted by atomic mass is 9.84. The number of Topliss-reactive ketones (excluding diaryl/α,β-unsaturated/α-hetero) is 1. The van der Waals surface area contributed by atoms with Crippen LogP contribution in [0.15, 0.2) is 35.8 Å². The molecule has 4 atom stereocenters. The second-order valence-corrected chi connectivity index (χ2v) is 7.62. The summed E-state index contributed by atoms with van der Waals surface area (Å²) < 4.78 is 27.0. The maximum absolute atomic E-state index is 13.5. The van der Waals surface area contributed by atoms with Crippen LogP contribution < -0.4 is 0 Å². The van der Waals surface area contributed by atoms with E-state index < -0.39 is 12.3 Å². The maximum Gasteiger partial charge on any atom is 0.147 e. The van der Waals surface area contributed by atoms with Crippen LogP contribution in [0.1, 0.15) is 41.3 Å². The van der Waals surface area contributed by atoms with Crippen molar-refractivity contribution >= 4 is 17.1 Å². The van der Waals surface area contributed by atoms with Crippen LogP contribution in [0, 0.1) is 12.8 Å². The standard InChI is InChI=1S/C19H21F2NOS/c1-12-2-4-14(5-3-12)15(8-13-9-16(20)17(21)10-13)18(23)11-19-22-6-7-24-19/h2-7,13,15-17H,8-11H2,1H3/t13?,15?,16-,17+. The van der Waals surface area contributed by atoms with Crippen LogP contribution in [0.5, 0.6) is 0 Å². The summed E-state index contributed by atoms with van der Waals surface area (Å²) >= 11 is 1.46. The molecule has 1 aliphatic carbocycles. The van der Waals surface area contributed by atoms with Gasteiger partial charge in [0.1, 0.15) is 18.1 Å². The van der Waals surface area contributed by atoms with Crippen molar-refractivity contribution in [3.63, 3.8) is 0 Å². The van der Waals surface area contributed by atoms with E-state index in [-0.39, 0.29) is 36.9 Å². The molecule has 0 amide bonds. The summed E-state index contributed by atoms with van der Waals surface area (Å²) in [5.41, 5.74) is 2.05. The molecule has 0 bridgehead atoms. The summed E-state index contributed by atoms with van der Waals surface area (Å²) in [6.45, 7) is 1.99. The van der Waals surface area contributed by atoms with E-state index in [0.717, 1.165) is 16.1 Å². The molecule has 1 saturated carbocycles. The van der Waals surface area contributed by atoms with Gasteiger partial charge in [-0.2, -0.15) is 0 Å². The van der Waals surface area contributed by atoms with Crippen molar-refractivity contribution in [3.05, 3.63) is 52.0 Å². The van der Waals surface area contributed by atoms with Gasteiger partial charge in [-0.1, -0.05) is 29.8 Å². The Morgan fingerprint density at radius 1 is 1.25 bits per heavy atom. The summed E-state index contributed by atoms with van der Waals surface area (Å²) in [6, 6.07) is 7.86. The smallest absolute Gasteiger partial charge is 0.147 e. The van der Waals surface area contributed by atoms with E-state index in [0.29, 0.717) is 6.42 Å². The third kappa shape index (κ3) is 4.07. The summed E-state index contributed by atoms with van der Waals surface area (Å²) in [5, 5.41) is 2.64. The molecule has 3 rings (SSSR count). The number of benzene rings is 1. The van der Waals surface area contributed by atoms with Gasteiger partial charge in [0, 0.05) is 17.5 Å². The number of carbonyl (C=O) groups excluding carboxylic acids is 1. The fourth-order valence-electron chi connectivity index (χ4n) is 3.42. The lowest BCUT2D eigenvalue weighted by molar-refractivity contribution is -0.120. The lowest BCUT2D eigenvalue weighted by Gasteiger charge is -2.20. The van der Waals surface area contributed by atoms with E-state index in [4.69, 9.17) is 0 Å². The molecule has 0 spiro atoms. The predicted molar refractivity (Wildman–Crippen MR) is 91.9 cm³/mol. The van der Waals surface area contributed by atoms with Crippen molar-refractivity contribution in [2.75, 3.05) is 0 Å². The van der Waals surface area contributed by atoms with Gasteiger partial charge in [0.25, 0.3) is 0 Å². The highest BCUT2D eigenvalue weighted by molar-refractivity contribution is 7.09. The number of aromatic nitrogens is 1. The van der Waals surface area contributed by atoms with Crippen molar-refractivity contribution in [2.24, 2.45) is 5.92 Å². The first-order chi connectivity index (χ1) is 11.5. The SMILES string of the molecule is Cc1ccc(C(CC2C[C@@H](F)[C@@H](F)C2)C(=O)Cc2nccs2)cc1. The molecule has 1 heterocycles. The molecule has 1 aromatic carbocycles. The highest BCUT2D eigenvalue weighted by Gasteiger charge is 2.37. The van der Waals surface area contributed by atoms with Gasteiger partial charge >= 0.3 is 0 Å². The Morgan fingerprint density at radius 3 is 2.50 bits per heavy atom. The summed E-state index contributed by atoms with van der Waals surface area (Å²) in [5.74, 6) is -0.329. The lowest BCUT2D eigenvalue weighted by Crippen LogP contribution is -2.18. The minimum Gasteiger partial charge on any atom is -0.299 e. The molecule has 0 aliphatic heterocycles. The quantitative estimate of drug-likeness (QED) is 0.748. The van der Waals surface area contributed by atoms with Gasteiger partial charge < -0.3 is 0 Å². The highest BCUT2D eigenvalue weighted by Crippen LogP contribution is 2.38. The van der Waals surface area contributed by atoms with Gasteiger partial charge in [-0.25, -0.2) is 13.8 Å². The van der Waals surface area contributed by atoms with Gasteiger partial charge in [-0.15, -0.1) is 11.3 Å². The average Bonchev–Trinajstić information content (AvgIpc) is 3.16. The van der Waals surface area contributed by atoms with Crippen LogP contribution >= 0.6 is 11.3 Å². The number of rotatable bonds is 6. The molecular formula is C19H21F2NOS. The zero-order valence-corrected chi connectivity index (χ0v) is 14.4. The predicted octanol–water partition coefficient (Wildman–Crippen LogP) is 4.82. The Kier molecular flexibility index (Phi) is 5.39. The van der Waals surface area contributed by atoms with Crippen molar-refractivity contribution < 1.29 is 13.6 Å². The molecule has 2 unspecified atom stereocenters. The number of carbonyl (C=O) groups is 1. The van der Waals surface area contributed by atoms with Gasteiger partial charge in [0.05, 0.1) is 11.4 Å². The highest BCUT2D eigenvalue weighted by atomic mass is 32.1. The molecule has 1 aromatic heterocycles. The Morgan fingerprint density at radius 2 is 1.92 bits per heavy atom. The molecular weight excluding hydrogens is 328 g/mol. The van der Waals surface area contributed by atoms with Crippen molar-refractivity contribution in [3.8, 4) is 0 Å². The van der Waals surface area contributed by atoms with Gasteiger partial charge in [-0.3, -0.25) is 4.79 Å². The van der Waals surface area contributed by atoms with Gasteiger partial charge in [0.15, 0.2) is 0 Å². The fraction of sp³-hybridized carbons (Fsp3) is 0.474. The van der Waals surface area contributed by atoms with Crippen LogP contribution in [0.2, 0.25) is 0 Å². The van der Waals surface area contributed by atoms with Gasteiger partial charge in [-0.05, 0) is 37.7 Å². The number of ketones is 1. The van der Waals surface area contributed by atoms with E-state index in [1.807, 2.05) is 36.6 Å². The second-order valence-electron chi connectivity index (χ2n) is 6.64. The number of halogens is 2.